The van der Waals surface area contributed by atoms with Crippen molar-refractivity contribution >= 4 is 29.1 Å². The number of carbonyl (C=O) groups excluding carboxylic acids is 2. The van der Waals surface area contributed by atoms with Gasteiger partial charge in [0.25, 0.3) is 11.8 Å². The first-order chi connectivity index (χ1) is 14.9. The number of anilines is 3. The van der Waals surface area contributed by atoms with Crippen LogP contribution in [0.15, 0.2) is 30.6 Å². The van der Waals surface area contributed by atoms with Gasteiger partial charge in [-0.25, -0.2) is 9.97 Å². The zero-order chi connectivity index (χ0) is 22.0. The molecule has 2 aliphatic rings. The number of amides is 2. The molecule has 9 nitrogen and oxygen atoms in total. The van der Waals surface area contributed by atoms with Crippen LogP contribution in [0.5, 0.6) is 0 Å². The average molecular weight is 420 g/mol. The van der Waals surface area contributed by atoms with Crippen LogP contribution >= 0.6 is 0 Å². The third-order valence-corrected chi connectivity index (χ3v) is 5.78. The van der Waals surface area contributed by atoms with Crippen molar-refractivity contribution in [2.75, 3.05) is 29.9 Å². The highest BCUT2D eigenvalue weighted by Gasteiger charge is 2.46. The molecular weight excluding hydrogens is 396 g/mol. The van der Waals surface area contributed by atoms with E-state index in [0.717, 1.165) is 37.9 Å². The highest BCUT2D eigenvalue weighted by atomic mass is 16.3. The number of rotatable bonds is 4. The number of nitrogens with one attached hydrogen (secondary N) is 1. The van der Waals surface area contributed by atoms with Gasteiger partial charge < -0.3 is 20.2 Å². The van der Waals surface area contributed by atoms with Gasteiger partial charge >= 0.3 is 0 Å². The van der Waals surface area contributed by atoms with E-state index < -0.39 is 11.5 Å². The van der Waals surface area contributed by atoms with Crippen LogP contribution in [0.25, 0.3) is 0 Å². The molecule has 4 heterocycles. The number of piperidine rings is 1. The van der Waals surface area contributed by atoms with E-state index in [1.54, 1.807) is 30.5 Å². The molecule has 2 saturated heterocycles. The number of aryl methyl sites for hydroxylation is 1. The van der Waals surface area contributed by atoms with Crippen LogP contribution in [0.4, 0.5) is 17.3 Å². The summed E-state index contributed by atoms with van der Waals surface area (Å²) in [5.41, 5.74) is -0.0420. The Balaban J connectivity index is 1.49. The van der Waals surface area contributed by atoms with Crippen molar-refractivity contribution in [1.29, 1.82) is 5.26 Å². The molecule has 9 heteroatoms. The van der Waals surface area contributed by atoms with Crippen LogP contribution < -0.4 is 10.2 Å². The largest absolute Gasteiger partial charge is 0.368 e. The van der Waals surface area contributed by atoms with Crippen molar-refractivity contribution in [2.45, 2.75) is 38.2 Å². The van der Waals surface area contributed by atoms with Crippen molar-refractivity contribution in [1.82, 2.24) is 14.9 Å². The fourth-order valence-corrected chi connectivity index (χ4v) is 3.96. The predicted molar refractivity (Wildman–Crippen MR) is 114 cm³/mol. The number of pyridine rings is 2. The van der Waals surface area contributed by atoms with Crippen molar-refractivity contribution in [2.24, 2.45) is 0 Å². The number of nitrogens with zero attached hydrogens (tertiary/aromatic N) is 5. The maximum Gasteiger partial charge on any atom is 0.273 e. The number of hydrogen-bond acceptors (Lipinski definition) is 7. The van der Waals surface area contributed by atoms with Crippen LogP contribution in [0.2, 0.25) is 0 Å². The molecule has 4 rings (SSSR count). The Labute approximate surface area is 180 Å². The molecular formula is C22H24N6O3. The summed E-state index contributed by atoms with van der Waals surface area (Å²) >= 11 is 0. The van der Waals surface area contributed by atoms with Crippen LogP contribution in [0.3, 0.4) is 0 Å². The summed E-state index contributed by atoms with van der Waals surface area (Å²) in [6.07, 6.45) is 6.40. The maximum absolute atomic E-state index is 12.8. The molecule has 1 atom stereocenters. The van der Waals surface area contributed by atoms with E-state index in [4.69, 9.17) is 5.26 Å². The lowest BCUT2D eigenvalue weighted by atomic mass is 10.1. The quantitative estimate of drug-likeness (QED) is 0.727. The van der Waals surface area contributed by atoms with Gasteiger partial charge in [0.15, 0.2) is 0 Å². The molecule has 0 spiro atoms. The molecule has 2 amide bonds. The summed E-state index contributed by atoms with van der Waals surface area (Å²) in [5, 5.41) is 22.2. The van der Waals surface area contributed by atoms with E-state index in [1.165, 1.54) is 11.1 Å². The SMILES string of the molecule is Cc1cc(Nc2cc(N3CC[C@](O)(C#N)C3=O)ccn2)ncc1C(=O)N1CCCCC1. The average Bonchev–Trinajstić information content (AvgIpc) is 3.09. The molecule has 0 saturated carbocycles. The Morgan fingerprint density at radius 3 is 2.61 bits per heavy atom. The van der Waals surface area contributed by atoms with E-state index >= 15 is 0 Å². The lowest BCUT2D eigenvalue weighted by molar-refractivity contribution is -0.128. The molecule has 0 aliphatic carbocycles. The standard InChI is InChI=1S/C22H24N6O3/c1-15-11-18(25-13-17(15)20(29)27-8-3-2-4-9-27)26-19-12-16(5-7-24-19)28-10-6-22(31,14-23)21(28)30/h5,7,11-13,31H,2-4,6,8-10H2,1H3,(H,24,25,26)/t22-/m0/s1. The molecule has 0 bridgehead atoms. The second kappa shape index (κ2) is 8.32. The second-order valence-corrected chi connectivity index (χ2v) is 7.94. The minimum absolute atomic E-state index is 0.00824. The Kier molecular flexibility index (Phi) is 5.57. The van der Waals surface area contributed by atoms with Gasteiger partial charge in [-0.2, -0.15) is 5.26 Å². The third-order valence-electron chi connectivity index (χ3n) is 5.78. The maximum atomic E-state index is 12.8. The number of likely N-dealkylation sites (tertiary alicyclic amines) is 1. The number of nitriles is 1. The van der Waals surface area contributed by atoms with Crippen molar-refractivity contribution < 1.29 is 14.7 Å². The number of aromatic nitrogens is 2. The van der Waals surface area contributed by atoms with Gasteiger partial charge in [-0.15, -0.1) is 0 Å². The molecule has 2 aromatic rings. The summed E-state index contributed by atoms with van der Waals surface area (Å²) < 4.78 is 0. The Hall–Kier alpha value is -3.51. The van der Waals surface area contributed by atoms with E-state index in [2.05, 4.69) is 15.3 Å². The highest BCUT2D eigenvalue weighted by molar-refractivity contribution is 6.03. The third kappa shape index (κ3) is 4.07. The smallest absolute Gasteiger partial charge is 0.273 e. The van der Waals surface area contributed by atoms with Crippen LogP contribution in [0.1, 0.15) is 41.6 Å². The predicted octanol–water partition coefficient (Wildman–Crippen LogP) is 2.15. The molecule has 2 aromatic heterocycles. The van der Waals surface area contributed by atoms with E-state index in [0.29, 0.717) is 22.9 Å². The van der Waals surface area contributed by atoms with Gasteiger partial charge in [0.1, 0.15) is 17.7 Å². The fraction of sp³-hybridized carbons (Fsp3) is 0.409. The van der Waals surface area contributed by atoms with E-state index in [1.807, 2.05) is 11.8 Å². The van der Waals surface area contributed by atoms with Gasteiger partial charge in [-0.1, -0.05) is 0 Å². The van der Waals surface area contributed by atoms with E-state index in [9.17, 15) is 14.7 Å². The highest BCUT2D eigenvalue weighted by Crippen LogP contribution is 2.29. The molecule has 2 fully saturated rings. The zero-order valence-electron chi connectivity index (χ0n) is 17.3. The normalized spacial score (nSPS) is 21.1. The summed E-state index contributed by atoms with van der Waals surface area (Å²) in [6, 6.07) is 6.77. The van der Waals surface area contributed by atoms with Gasteiger partial charge in [0, 0.05) is 50.2 Å². The number of aliphatic hydroxyl groups is 1. The Bertz CT molecular complexity index is 1060. The molecule has 0 unspecified atom stereocenters. The minimum atomic E-state index is -1.98. The first-order valence-electron chi connectivity index (χ1n) is 10.4. The van der Waals surface area contributed by atoms with Crippen molar-refractivity contribution in [3.63, 3.8) is 0 Å². The molecule has 31 heavy (non-hydrogen) atoms. The molecule has 2 aliphatic heterocycles. The van der Waals surface area contributed by atoms with Crippen LogP contribution in [-0.4, -0.2) is 57.0 Å². The van der Waals surface area contributed by atoms with Crippen LogP contribution in [0, 0.1) is 18.3 Å². The lowest BCUT2D eigenvalue weighted by Gasteiger charge is -2.27. The summed E-state index contributed by atoms with van der Waals surface area (Å²) in [4.78, 5) is 37.0. The minimum Gasteiger partial charge on any atom is -0.368 e. The fourth-order valence-electron chi connectivity index (χ4n) is 3.96. The number of hydrogen-bond donors (Lipinski definition) is 2. The lowest BCUT2D eigenvalue weighted by Crippen LogP contribution is -2.38. The summed E-state index contributed by atoms with van der Waals surface area (Å²) in [7, 11) is 0. The van der Waals surface area contributed by atoms with E-state index in [-0.39, 0.29) is 18.9 Å². The van der Waals surface area contributed by atoms with Gasteiger partial charge in [0.2, 0.25) is 5.60 Å². The first-order valence-corrected chi connectivity index (χ1v) is 10.4. The first kappa shape index (κ1) is 20.8. The summed E-state index contributed by atoms with van der Waals surface area (Å²) in [6.45, 7) is 3.69. The molecule has 0 radical (unpaired) electrons. The van der Waals surface area contributed by atoms with Crippen molar-refractivity contribution in [3.8, 4) is 6.07 Å². The molecule has 0 aromatic carbocycles. The second-order valence-electron chi connectivity index (χ2n) is 7.94. The molecule has 2 N–H and O–H groups in total. The van der Waals surface area contributed by atoms with Gasteiger partial charge in [0.05, 0.1) is 5.56 Å². The Morgan fingerprint density at radius 2 is 1.94 bits per heavy atom. The topological polar surface area (TPSA) is 122 Å². The van der Waals surface area contributed by atoms with Crippen LogP contribution in [-0.2, 0) is 4.79 Å². The van der Waals surface area contributed by atoms with Gasteiger partial charge in [-0.05, 0) is 43.9 Å². The zero-order valence-corrected chi connectivity index (χ0v) is 17.3. The summed E-state index contributed by atoms with van der Waals surface area (Å²) in [5.74, 6) is 0.355. The monoisotopic (exact) mass is 420 g/mol. The number of carbonyl (C=O) groups is 2. The van der Waals surface area contributed by atoms with Gasteiger partial charge in [-0.3, -0.25) is 9.59 Å². The molecule has 160 valence electrons. The van der Waals surface area contributed by atoms with Crippen molar-refractivity contribution in [3.05, 3.63) is 41.7 Å². The Morgan fingerprint density at radius 1 is 1.19 bits per heavy atom.